The van der Waals surface area contributed by atoms with E-state index < -0.39 is 10.0 Å². The Kier molecular flexibility index (Phi) is 8.01. The molecule has 130 valence electrons. The lowest BCUT2D eigenvalue weighted by molar-refractivity contribution is 0.179. The summed E-state index contributed by atoms with van der Waals surface area (Å²) in [6.45, 7) is 5.80. The smallest absolute Gasteiger partial charge is 0.240 e. The maximum atomic E-state index is 11.7. The third kappa shape index (κ3) is 6.55. The van der Waals surface area contributed by atoms with Crippen LogP contribution in [0.2, 0.25) is 0 Å². The number of hydrogen-bond donors (Lipinski definition) is 3. The molecule has 1 atom stereocenters. The number of rotatable bonds is 8. The van der Waals surface area contributed by atoms with Crippen molar-refractivity contribution in [1.29, 1.82) is 0 Å². The molecule has 23 heavy (non-hydrogen) atoms. The van der Waals surface area contributed by atoms with E-state index in [0.717, 1.165) is 12.1 Å². The van der Waals surface area contributed by atoms with E-state index in [2.05, 4.69) is 20.3 Å². The molecule has 0 bridgehead atoms. The van der Waals surface area contributed by atoms with E-state index in [1.54, 1.807) is 31.4 Å². The third-order valence-electron chi connectivity index (χ3n) is 3.07. The number of nitrogens with one attached hydrogen (secondary N) is 3. The van der Waals surface area contributed by atoms with E-state index >= 15 is 0 Å². The van der Waals surface area contributed by atoms with Crippen molar-refractivity contribution in [2.75, 3.05) is 27.3 Å². The van der Waals surface area contributed by atoms with Gasteiger partial charge in [0.2, 0.25) is 10.0 Å². The van der Waals surface area contributed by atoms with Crippen molar-refractivity contribution in [2.24, 2.45) is 4.99 Å². The number of benzene rings is 1. The van der Waals surface area contributed by atoms with Crippen molar-refractivity contribution in [3.8, 4) is 0 Å². The zero-order valence-corrected chi connectivity index (χ0v) is 14.9. The molecule has 1 aromatic rings. The Balaban J connectivity index is 2.75. The standard InChI is InChI=1S/C15H26N4O3S/c1-5-17-15(19-12(2)11-22-4)18-10-13-6-8-14(9-7-13)23(20,21)16-3/h6-9,12,16H,5,10-11H2,1-4H3,(H2,17,18,19). The van der Waals surface area contributed by atoms with Crippen molar-refractivity contribution in [3.05, 3.63) is 29.8 Å². The highest BCUT2D eigenvalue weighted by atomic mass is 32.2. The van der Waals surface area contributed by atoms with Crippen LogP contribution < -0.4 is 15.4 Å². The first-order valence-corrected chi connectivity index (χ1v) is 8.97. The predicted molar refractivity (Wildman–Crippen MR) is 92.0 cm³/mol. The minimum atomic E-state index is -3.40. The van der Waals surface area contributed by atoms with Gasteiger partial charge in [-0.05, 0) is 38.6 Å². The molecular weight excluding hydrogens is 316 g/mol. The lowest BCUT2D eigenvalue weighted by Crippen LogP contribution is -2.43. The number of aliphatic imine (C=N–C) groups is 1. The average molecular weight is 342 g/mol. The van der Waals surface area contributed by atoms with Gasteiger partial charge in [0.05, 0.1) is 18.0 Å². The van der Waals surface area contributed by atoms with Crippen LogP contribution in [0.4, 0.5) is 0 Å². The van der Waals surface area contributed by atoms with E-state index in [-0.39, 0.29) is 10.9 Å². The molecule has 0 radical (unpaired) electrons. The number of guanidine groups is 1. The van der Waals surface area contributed by atoms with Crippen LogP contribution in [0.5, 0.6) is 0 Å². The van der Waals surface area contributed by atoms with Gasteiger partial charge in [-0.1, -0.05) is 12.1 Å². The molecule has 0 aliphatic carbocycles. The molecule has 0 aromatic heterocycles. The molecule has 0 amide bonds. The molecular formula is C15H26N4O3S. The van der Waals surface area contributed by atoms with E-state index in [1.807, 2.05) is 13.8 Å². The summed E-state index contributed by atoms with van der Waals surface area (Å²) in [7, 11) is -0.354. The van der Waals surface area contributed by atoms with Crippen molar-refractivity contribution < 1.29 is 13.2 Å². The zero-order chi connectivity index (χ0) is 17.3. The average Bonchev–Trinajstić information content (AvgIpc) is 2.53. The van der Waals surface area contributed by atoms with Crippen LogP contribution in [0.15, 0.2) is 34.2 Å². The van der Waals surface area contributed by atoms with Crippen molar-refractivity contribution in [2.45, 2.75) is 31.3 Å². The zero-order valence-electron chi connectivity index (χ0n) is 14.1. The van der Waals surface area contributed by atoms with Gasteiger partial charge in [-0.2, -0.15) is 0 Å². The molecule has 0 spiro atoms. The first-order valence-electron chi connectivity index (χ1n) is 7.49. The first kappa shape index (κ1) is 19.4. The maximum Gasteiger partial charge on any atom is 0.240 e. The third-order valence-corrected chi connectivity index (χ3v) is 4.50. The van der Waals surface area contributed by atoms with Gasteiger partial charge < -0.3 is 15.4 Å². The number of nitrogens with zero attached hydrogens (tertiary/aromatic N) is 1. The highest BCUT2D eigenvalue weighted by Crippen LogP contribution is 2.10. The Labute approximate surface area is 138 Å². The molecule has 3 N–H and O–H groups in total. The Morgan fingerprint density at radius 2 is 1.96 bits per heavy atom. The molecule has 0 saturated carbocycles. The van der Waals surface area contributed by atoms with Gasteiger partial charge >= 0.3 is 0 Å². The fourth-order valence-corrected chi connectivity index (χ4v) is 2.64. The van der Waals surface area contributed by atoms with E-state index in [4.69, 9.17) is 4.74 Å². The normalized spacial score (nSPS) is 13.7. The van der Waals surface area contributed by atoms with Gasteiger partial charge in [0.25, 0.3) is 0 Å². The minimum absolute atomic E-state index is 0.140. The van der Waals surface area contributed by atoms with Crippen LogP contribution in [0.1, 0.15) is 19.4 Å². The van der Waals surface area contributed by atoms with Crippen LogP contribution >= 0.6 is 0 Å². The van der Waals surface area contributed by atoms with Gasteiger partial charge in [0, 0.05) is 19.7 Å². The maximum absolute atomic E-state index is 11.7. The Morgan fingerprint density at radius 3 is 2.48 bits per heavy atom. The number of ether oxygens (including phenoxy) is 1. The van der Waals surface area contributed by atoms with Crippen LogP contribution in [0.25, 0.3) is 0 Å². The summed E-state index contributed by atoms with van der Waals surface area (Å²) in [4.78, 5) is 4.73. The Hall–Kier alpha value is -1.64. The minimum Gasteiger partial charge on any atom is -0.383 e. The first-order chi connectivity index (χ1) is 10.9. The van der Waals surface area contributed by atoms with Gasteiger partial charge in [-0.15, -0.1) is 0 Å². The molecule has 0 aliphatic heterocycles. The SMILES string of the molecule is CCNC(=NCc1ccc(S(=O)(=O)NC)cc1)NC(C)COC. The fourth-order valence-electron chi connectivity index (χ4n) is 1.91. The van der Waals surface area contributed by atoms with Gasteiger partial charge in [-0.25, -0.2) is 18.1 Å². The molecule has 0 saturated heterocycles. The molecule has 0 aliphatic rings. The Bertz CT molecular complexity index is 600. The summed E-state index contributed by atoms with van der Waals surface area (Å²) in [6.07, 6.45) is 0. The molecule has 1 unspecified atom stereocenters. The van der Waals surface area contributed by atoms with E-state index in [0.29, 0.717) is 19.1 Å². The second-order valence-corrected chi connectivity index (χ2v) is 6.93. The van der Waals surface area contributed by atoms with Gasteiger partial charge in [0.15, 0.2) is 5.96 Å². The van der Waals surface area contributed by atoms with Gasteiger partial charge in [-0.3, -0.25) is 0 Å². The number of sulfonamides is 1. The molecule has 1 aromatic carbocycles. The molecule has 1 rings (SSSR count). The topological polar surface area (TPSA) is 91.8 Å². The van der Waals surface area contributed by atoms with Crippen molar-refractivity contribution in [1.82, 2.24) is 15.4 Å². The summed E-state index contributed by atoms with van der Waals surface area (Å²) in [5.74, 6) is 0.698. The lowest BCUT2D eigenvalue weighted by atomic mass is 10.2. The molecule has 7 nitrogen and oxygen atoms in total. The second-order valence-electron chi connectivity index (χ2n) is 5.05. The predicted octanol–water partition coefficient (Wildman–Crippen LogP) is 0.685. The van der Waals surface area contributed by atoms with Crippen molar-refractivity contribution >= 4 is 16.0 Å². The summed E-state index contributed by atoms with van der Waals surface area (Å²) >= 11 is 0. The molecule has 0 heterocycles. The highest BCUT2D eigenvalue weighted by Gasteiger charge is 2.10. The molecule has 8 heteroatoms. The lowest BCUT2D eigenvalue weighted by Gasteiger charge is -2.17. The summed E-state index contributed by atoms with van der Waals surface area (Å²) < 4.78 is 30.7. The summed E-state index contributed by atoms with van der Waals surface area (Å²) in [5, 5.41) is 6.41. The quantitative estimate of drug-likeness (QED) is 0.477. The van der Waals surface area contributed by atoms with Gasteiger partial charge in [0.1, 0.15) is 0 Å². The van der Waals surface area contributed by atoms with Crippen molar-refractivity contribution in [3.63, 3.8) is 0 Å². The highest BCUT2D eigenvalue weighted by molar-refractivity contribution is 7.89. The fraction of sp³-hybridized carbons (Fsp3) is 0.533. The molecule has 0 fully saturated rings. The van der Waals surface area contributed by atoms with Crippen LogP contribution in [0, 0.1) is 0 Å². The summed E-state index contributed by atoms with van der Waals surface area (Å²) in [5.41, 5.74) is 0.927. The number of methoxy groups -OCH3 is 1. The Morgan fingerprint density at radius 1 is 1.30 bits per heavy atom. The monoisotopic (exact) mass is 342 g/mol. The van der Waals surface area contributed by atoms with Crippen LogP contribution in [-0.4, -0.2) is 47.7 Å². The van der Waals surface area contributed by atoms with E-state index in [9.17, 15) is 8.42 Å². The van der Waals surface area contributed by atoms with Crippen LogP contribution in [0.3, 0.4) is 0 Å². The number of hydrogen-bond acceptors (Lipinski definition) is 4. The second kappa shape index (κ2) is 9.49. The summed E-state index contributed by atoms with van der Waals surface area (Å²) in [6, 6.07) is 6.81. The van der Waals surface area contributed by atoms with Crippen LogP contribution in [-0.2, 0) is 21.3 Å². The van der Waals surface area contributed by atoms with E-state index in [1.165, 1.54) is 7.05 Å². The largest absolute Gasteiger partial charge is 0.383 e.